The molecule has 1 aromatic carbocycles. The molecule has 1 fully saturated rings. The van der Waals surface area contributed by atoms with Crippen molar-refractivity contribution in [3.05, 3.63) is 23.8 Å². The van der Waals surface area contributed by atoms with Crippen LogP contribution in [-0.4, -0.2) is 23.7 Å². The Balaban J connectivity index is 1.81. The normalized spacial score (nSPS) is 24.5. The van der Waals surface area contributed by atoms with Crippen LogP contribution in [0.25, 0.3) is 0 Å². The molecule has 5 nitrogen and oxygen atoms in total. The van der Waals surface area contributed by atoms with Gasteiger partial charge in [-0.05, 0) is 24.6 Å². The van der Waals surface area contributed by atoms with E-state index in [1.807, 2.05) is 0 Å². The zero-order valence-corrected chi connectivity index (χ0v) is 8.88. The van der Waals surface area contributed by atoms with Crippen molar-refractivity contribution in [2.24, 2.45) is 11.8 Å². The number of rotatable bonds is 3. The van der Waals surface area contributed by atoms with Crippen LogP contribution in [0.4, 0.5) is 0 Å². The number of aliphatic carboxylic acids is 1. The van der Waals surface area contributed by atoms with Crippen molar-refractivity contribution < 1.29 is 24.2 Å². The Kier molecular flexibility index (Phi) is 2.07. The third-order valence-electron chi connectivity index (χ3n) is 3.10. The molecule has 0 bridgehead atoms. The van der Waals surface area contributed by atoms with Gasteiger partial charge < -0.3 is 14.6 Å². The highest BCUT2D eigenvalue weighted by Gasteiger charge is 2.48. The largest absolute Gasteiger partial charge is 0.481 e. The molecule has 5 heteroatoms. The van der Waals surface area contributed by atoms with E-state index < -0.39 is 11.9 Å². The second-order valence-electron chi connectivity index (χ2n) is 4.22. The summed E-state index contributed by atoms with van der Waals surface area (Å²) in [5, 5.41) is 8.78. The highest BCUT2D eigenvalue weighted by atomic mass is 16.7. The minimum absolute atomic E-state index is 0.129. The average molecular weight is 234 g/mol. The first-order valence-electron chi connectivity index (χ1n) is 5.33. The maximum absolute atomic E-state index is 12.0. The highest BCUT2D eigenvalue weighted by Crippen LogP contribution is 2.42. The van der Waals surface area contributed by atoms with Crippen LogP contribution in [0.3, 0.4) is 0 Å². The molecule has 2 aliphatic rings. The Morgan fingerprint density at radius 2 is 1.94 bits per heavy atom. The van der Waals surface area contributed by atoms with Gasteiger partial charge in [-0.15, -0.1) is 0 Å². The molecular formula is C12H10O5. The van der Waals surface area contributed by atoms with Gasteiger partial charge in [-0.25, -0.2) is 0 Å². The predicted molar refractivity (Wildman–Crippen MR) is 56.1 cm³/mol. The lowest BCUT2D eigenvalue weighted by Crippen LogP contribution is -2.08. The van der Waals surface area contributed by atoms with E-state index in [1.165, 1.54) is 0 Å². The molecule has 17 heavy (non-hydrogen) atoms. The Hall–Kier alpha value is -2.04. The Morgan fingerprint density at radius 1 is 1.18 bits per heavy atom. The second kappa shape index (κ2) is 3.48. The molecule has 0 aromatic heterocycles. The Morgan fingerprint density at radius 3 is 2.65 bits per heavy atom. The molecule has 0 spiro atoms. The van der Waals surface area contributed by atoms with Crippen molar-refractivity contribution in [1.82, 2.24) is 0 Å². The molecule has 1 unspecified atom stereocenters. The molecule has 1 N–H and O–H groups in total. The second-order valence-corrected chi connectivity index (χ2v) is 4.22. The summed E-state index contributed by atoms with van der Waals surface area (Å²) in [4.78, 5) is 22.7. The zero-order chi connectivity index (χ0) is 12.0. The Labute approximate surface area is 97.0 Å². The standard InChI is InChI=1S/C12H10O5/c13-11(7-4-8(7)12(14)15)6-1-2-9-10(3-6)17-5-16-9/h1-3,7-8H,4-5H2,(H,14,15)/t7-,8?/m0/s1. The molecular weight excluding hydrogens is 224 g/mol. The molecule has 1 aromatic rings. The molecule has 1 saturated carbocycles. The number of ether oxygens (including phenoxy) is 2. The van der Waals surface area contributed by atoms with Gasteiger partial charge >= 0.3 is 5.97 Å². The SMILES string of the molecule is O=C(O)C1C[C@@H]1C(=O)c1ccc2c(c1)OCO2. The van der Waals surface area contributed by atoms with Crippen molar-refractivity contribution in [2.45, 2.75) is 6.42 Å². The quantitative estimate of drug-likeness (QED) is 0.798. The molecule has 2 atom stereocenters. The van der Waals surface area contributed by atoms with Crippen LogP contribution in [0.5, 0.6) is 11.5 Å². The third kappa shape index (κ3) is 1.63. The van der Waals surface area contributed by atoms with Crippen molar-refractivity contribution in [3.63, 3.8) is 0 Å². The van der Waals surface area contributed by atoms with Crippen LogP contribution in [0, 0.1) is 11.8 Å². The van der Waals surface area contributed by atoms with E-state index in [-0.39, 0.29) is 18.5 Å². The summed E-state index contributed by atoms with van der Waals surface area (Å²) < 4.78 is 10.3. The summed E-state index contributed by atoms with van der Waals surface area (Å²) in [5.41, 5.74) is 0.489. The van der Waals surface area contributed by atoms with Crippen LogP contribution < -0.4 is 9.47 Å². The number of carboxylic acid groups (broad SMARTS) is 1. The minimum atomic E-state index is -0.899. The monoisotopic (exact) mass is 234 g/mol. The smallest absolute Gasteiger partial charge is 0.307 e. The van der Waals surface area contributed by atoms with E-state index in [0.717, 1.165) is 0 Å². The topological polar surface area (TPSA) is 72.8 Å². The van der Waals surface area contributed by atoms with Crippen LogP contribution in [0.1, 0.15) is 16.8 Å². The maximum atomic E-state index is 12.0. The molecule has 88 valence electrons. The fraction of sp³-hybridized carbons (Fsp3) is 0.333. The van der Waals surface area contributed by atoms with Gasteiger partial charge in [0.25, 0.3) is 0 Å². The first-order valence-corrected chi connectivity index (χ1v) is 5.33. The Bertz CT molecular complexity index is 508. The molecule has 1 heterocycles. The van der Waals surface area contributed by atoms with Gasteiger partial charge in [0, 0.05) is 11.5 Å². The molecule has 0 saturated heterocycles. The summed E-state index contributed by atoms with van der Waals surface area (Å²) in [5.74, 6) is -0.768. The lowest BCUT2D eigenvalue weighted by atomic mass is 10.1. The number of carbonyl (C=O) groups excluding carboxylic acids is 1. The van der Waals surface area contributed by atoms with Gasteiger partial charge in [0.05, 0.1) is 5.92 Å². The van der Waals surface area contributed by atoms with Crippen molar-refractivity contribution >= 4 is 11.8 Å². The van der Waals surface area contributed by atoms with Crippen LogP contribution in [0.15, 0.2) is 18.2 Å². The zero-order valence-electron chi connectivity index (χ0n) is 8.88. The van der Waals surface area contributed by atoms with Crippen molar-refractivity contribution in [1.29, 1.82) is 0 Å². The molecule has 0 radical (unpaired) electrons. The molecule has 0 amide bonds. The van der Waals surface area contributed by atoms with E-state index in [2.05, 4.69) is 0 Å². The van der Waals surface area contributed by atoms with E-state index in [0.29, 0.717) is 23.5 Å². The summed E-state index contributed by atoms with van der Waals surface area (Å²) in [6, 6.07) is 4.93. The maximum Gasteiger partial charge on any atom is 0.307 e. The van der Waals surface area contributed by atoms with Gasteiger partial charge in [-0.3, -0.25) is 9.59 Å². The number of carboxylic acids is 1. The number of hydrogen-bond donors (Lipinski definition) is 1. The van der Waals surface area contributed by atoms with Crippen LogP contribution in [0.2, 0.25) is 0 Å². The van der Waals surface area contributed by atoms with Crippen LogP contribution >= 0.6 is 0 Å². The number of benzene rings is 1. The van der Waals surface area contributed by atoms with Gasteiger partial charge in [0.1, 0.15) is 0 Å². The lowest BCUT2D eigenvalue weighted by Gasteiger charge is -2.01. The van der Waals surface area contributed by atoms with Gasteiger partial charge in [0.15, 0.2) is 17.3 Å². The van der Waals surface area contributed by atoms with Gasteiger partial charge in [-0.1, -0.05) is 0 Å². The lowest BCUT2D eigenvalue weighted by molar-refractivity contribution is -0.138. The number of Topliss-reactive ketones (excluding diaryl/α,β-unsaturated/α-hetero) is 1. The first kappa shape index (κ1) is 10.1. The first-order chi connectivity index (χ1) is 8.16. The van der Waals surface area contributed by atoms with Crippen molar-refractivity contribution in [3.8, 4) is 11.5 Å². The van der Waals surface area contributed by atoms with Gasteiger partial charge in [0.2, 0.25) is 6.79 Å². The van der Waals surface area contributed by atoms with E-state index in [1.54, 1.807) is 18.2 Å². The summed E-state index contributed by atoms with van der Waals surface area (Å²) in [7, 11) is 0. The van der Waals surface area contributed by atoms with E-state index in [9.17, 15) is 9.59 Å². The third-order valence-corrected chi connectivity index (χ3v) is 3.10. The highest BCUT2D eigenvalue weighted by molar-refractivity contribution is 6.03. The summed E-state index contributed by atoms with van der Waals surface area (Å²) in [6.07, 6.45) is 0.433. The molecule has 1 aliphatic carbocycles. The summed E-state index contributed by atoms with van der Waals surface area (Å²) >= 11 is 0. The average Bonchev–Trinajstić information content (AvgIpc) is 2.99. The minimum Gasteiger partial charge on any atom is -0.481 e. The number of fused-ring (bicyclic) bond motifs is 1. The predicted octanol–water partition coefficient (Wildman–Crippen LogP) is 1.32. The van der Waals surface area contributed by atoms with Gasteiger partial charge in [-0.2, -0.15) is 0 Å². The van der Waals surface area contributed by atoms with E-state index >= 15 is 0 Å². The molecule has 1 aliphatic heterocycles. The number of ketones is 1. The van der Waals surface area contributed by atoms with Crippen molar-refractivity contribution in [2.75, 3.05) is 6.79 Å². The fourth-order valence-corrected chi connectivity index (χ4v) is 2.02. The fourth-order valence-electron chi connectivity index (χ4n) is 2.02. The molecule has 3 rings (SSSR count). The van der Waals surface area contributed by atoms with E-state index in [4.69, 9.17) is 14.6 Å². The summed E-state index contributed by atoms with van der Waals surface area (Å²) in [6.45, 7) is 0.161. The van der Waals surface area contributed by atoms with Crippen LogP contribution in [-0.2, 0) is 4.79 Å². The number of carbonyl (C=O) groups is 2. The number of hydrogen-bond acceptors (Lipinski definition) is 4.